The number of carbonyl (C=O) groups excluding carboxylic acids is 1. The second kappa shape index (κ2) is 9.80. The summed E-state index contributed by atoms with van der Waals surface area (Å²) in [5.41, 5.74) is 5.80. The minimum Gasteiger partial charge on any atom is -0.396 e. The number of hydrogen-bond acceptors (Lipinski definition) is 5. The van der Waals surface area contributed by atoms with Crippen LogP contribution in [0.1, 0.15) is 51.1 Å². The molecule has 3 aromatic rings. The maximum absolute atomic E-state index is 14.3. The molecule has 1 atom stereocenters. The van der Waals surface area contributed by atoms with Crippen LogP contribution >= 0.6 is 0 Å². The van der Waals surface area contributed by atoms with Crippen molar-refractivity contribution in [1.82, 2.24) is 9.88 Å². The highest BCUT2D eigenvalue weighted by atomic mass is 19.1. The van der Waals surface area contributed by atoms with Crippen molar-refractivity contribution < 1.29 is 14.3 Å². The third-order valence-electron chi connectivity index (χ3n) is 7.23. The Morgan fingerprint density at radius 1 is 1.17 bits per heavy atom. The molecule has 5 rings (SSSR count). The topological polar surface area (TPSA) is 65.8 Å². The number of ketones is 1. The largest absolute Gasteiger partial charge is 0.396 e. The number of likely N-dealkylation sites (tertiary alicyclic amines) is 1. The van der Waals surface area contributed by atoms with Crippen LogP contribution in [0.3, 0.4) is 0 Å². The van der Waals surface area contributed by atoms with Gasteiger partial charge in [-0.1, -0.05) is 30.3 Å². The number of hydrogen-bond donors (Lipinski definition) is 1. The summed E-state index contributed by atoms with van der Waals surface area (Å²) >= 11 is 0. The summed E-state index contributed by atoms with van der Waals surface area (Å²) in [6.07, 6.45) is 3.92. The third-order valence-corrected chi connectivity index (χ3v) is 7.23. The summed E-state index contributed by atoms with van der Waals surface area (Å²) in [6, 6.07) is 16.6. The number of piperidine rings is 1. The Kier molecular flexibility index (Phi) is 6.58. The first-order valence-electron chi connectivity index (χ1n) is 12.2. The average Bonchev–Trinajstić information content (AvgIpc) is 3.29. The van der Waals surface area contributed by atoms with Crippen molar-refractivity contribution in [1.29, 1.82) is 0 Å². The molecule has 6 heteroatoms. The number of aliphatic hydroxyl groups is 1. The number of rotatable bonds is 7. The van der Waals surface area contributed by atoms with E-state index in [-0.39, 0.29) is 24.8 Å². The molecule has 2 aliphatic rings. The molecule has 5 nitrogen and oxygen atoms in total. The van der Waals surface area contributed by atoms with Gasteiger partial charge in [0.1, 0.15) is 5.82 Å². The molecule has 35 heavy (non-hydrogen) atoms. The molecule has 1 N–H and O–H groups in total. The van der Waals surface area contributed by atoms with Crippen LogP contribution in [0.15, 0.2) is 65.8 Å². The van der Waals surface area contributed by atoms with Gasteiger partial charge < -0.3 is 5.11 Å². The highest BCUT2D eigenvalue weighted by Gasteiger charge is 2.36. The van der Waals surface area contributed by atoms with Crippen LogP contribution in [-0.2, 0) is 13.0 Å². The molecular formula is C29H30FN3O2. The molecule has 1 unspecified atom stereocenters. The predicted molar refractivity (Wildman–Crippen MR) is 134 cm³/mol. The fourth-order valence-electron chi connectivity index (χ4n) is 5.41. The zero-order chi connectivity index (χ0) is 24.4. The van der Waals surface area contributed by atoms with E-state index in [0.29, 0.717) is 30.6 Å². The Morgan fingerprint density at radius 2 is 2.03 bits per heavy atom. The van der Waals surface area contributed by atoms with Crippen LogP contribution in [0.4, 0.5) is 4.39 Å². The van der Waals surface area contributed by atoms with E-state index in [4.69, 9.17) is 4.99 Å². The molecule has 0 spiro atoms. The number of halogens is 1. The van der Waals surface area contributed by atoms with Crippen LogP contribution in [0.2, 0.25) is 0 Å². The Morgan fingerprint density at radius 3 is 2.83 bits per heavy atom. The lowest BCUT2D eigenvalue weighted by Gasteiger charge is -2.42. The van der Waals surface area contributed by atoms with Crippen LogP contribution in [0.5, 0.6) is 0 Å². The summed E-state index contributed by atoms with van der Waals surface area (Å²) in [6.45, 7) is 4.17. The number of pyridine rings is 1. The minimum absolute atomic E-state index is 0.0317. The van der Waals surface area contributed by atoms with E-state index in [1.54, 1.807) is 18.3 Å². The van der Waals surface area contributed by atoms with Gasteiger partial charge in [0.15, 0.2) is 5.78 Å². The number of carbonyl (C=O) groups is 1. The molecule has 0 bridgehead atoms. The monoisotopic (exact) mass is 471 g/mol. The number of Topliss-reactive ketones (excluding diaryl/α,β-unsaturated/α-hetero) is 1. The van der Waals surface area contributed by atoms with E-state index in [9.17, 15) is 14.3 Å². The molecule has 180 valence electrons. The van der Waals surface area contributed by atoms with Crippen molar-refractivity contribution in [2.24, 2.45) is 10.4 Å². The quantitative estimate of drug-likeness (QED) is 0.520. The van der Waals surface area contributed by atoms with Gasteiger partial charge in [-0.2, -0.15) is 0 Å². The summed E-state index contributed by atoms with van der Waals surface area (Å²) in [5, 5.41) is 10.3. The maximum atomic E-state index is 14.3. The predicted octanol–water partition coefficient (Wildman–Crippen LogP) is 4.38. The van der Waals surface area contributed by atoms with Gasteiger partial charge in [-0.15, -0.1) is 0 Å². The molecule has 2 aromatic carbocycles. The van der Waals surface area contributed by atoms with Gasteiger partial charge in [0.25, 0.3) is 0 Å². The molecule has 3 heterocycles. The summed E-state index contributed by atoms with van der Waals surface area (Å²) in [4.78, 5) is 24.4. The molecule has 2 aliphatic heterocycles. The van der Waals surface area contributed by atoms with Crippen molar-refractivity contribution in [2.75, 3.05) is 26.2 Å². The second-order valence-corrected chi connectivity index (χ2v) is 9.89. The van der Waals surface area contributed by atoms with Gasteiger partial charge in [0.2, 0.25) is 0 Å². The molecule has 1 aromatic heterocycles. The Hall–Kier alpha value is -3.22. The first kappa shape index (κ1) is 23.5. The van der Waals surface area contributed by atoms with Gasteiger partial charge >= 0.3 is 0 Å². The number of aliphatic hydroxyl groups excluding tert-OH is 1. The Balaban J connectivity index is 1.31. The van der Waals surface area contributed by atoms with Gasteiger partial charge in [0, 0.05) is 40.5 Å². The molecule has 0 amide bonds. The van der Waals surface area contributed by atoms with Crippen LogP contribution < -0.4 is 0 Å². The van der Waals surface area contributed by atoms with Crippen molar-refractivity contribution in [3.05, 3.63) is 100 Å². The van der Waals surface area contributed by atoms with Crippen molar-refractivity contribution >= 4 is 11.5 Å². The van der Waals surface area contributed by atoms with Crippen molar-refractivity contribution in [2.45, 2.75) is 32.7 Å². The van der Waals surface area contributed by atoms with Crippen LogP contribution in [0.25, 0.3) is 0 Å². The van der Waals surface area contributed by atoms with Gasteiger partial charge in [0.05, 0.1) is 25.4 Å². The smallest absolute Gasteiger partial charge is 0.176 e. The number of aliphatic imine (C=N–C) groups is 1. The Bertz CT molecular complexity index is 1290. The highest BCUT2D eigenvalue weighted by Crippen LogP contribution is 2.34. The molecular weight excluding hydrogens is 441 g/mol. The number of benzene rings is 2. The fourth-order valence-corrected chi connectivity index (χ4v) is 5.41. The molecule has 0 radical (unpaired) electrons. The molecule has 1 saturated heterocycles. The fraction of sp³-hybridized carbons (Fsp3) is 0.345. The SMILES string of the molecule is Cc1cc(C2=NCc3ccc(C(=O)CN4CCCC(CO)(Cc5ccccc5F)C4)cc32)ccn1. The lowest BCUT2D eigenvalue weighted by atomic mass is 9.75. The number of aromatic nitrogens is 1. The lowest BCUT2D eigenvalue weighted by molar-refractivity contribution is 0.0315. The number of nitrogens with zero attached hydrogens (tertiary/aromatic N) is 3. The average molecular weight is 472 g/mol. The van der Waals surface area contributed by atoms with Crippen LogP contribution in [-0.4, -0.2) is 52.7 Å². The Labute approximate surface area is 205 Å². The summed E-state index contributed by atoms with van der Waals surface area (Å²) in [7, 11) is 0. The first-order chi connectivity index (χ1) is 17.0. The van der Waals surface area contributed by atoms with Gasteiger partial charge in [-0.05, 0) is 68.1 Å². The first-order valence-corrected chi connectivity index (χ1v) is 12.2. The van der Waals surface area contributed by atoms with Crippen LogP contribution in [0, 0.1) is 18.2 Å². The van der Waals surface area contributed by atoms with E-state index in [2.05, 4.69) is 9.88 Å². The van der Waals surface area contributed by atoms with E-state index in [1.165, 1.54) is 6.07 Å². The van der Waals surface area contributed by atoms with Gasteiger partial charge in [-0.25, -0.2) is 4.39 Å². The second-order valence-electron chi connectivity index (χ2n) is 9.89. The summed E-state index contributed by atoms with van der Waals surface area (Å²) in [5.74, 6) is -0.196. The standard InChI is InChI=1S/C29H30FN3O2/c1-20-13-22(9-11-31-20)28-25-14-21(7-8-24(25)16-32-28)27(35)17-33-12-4-10-29(18-33,19-34)15-23-5-2-3-6-26(23)30/h2-3,5-9,11,13-14,34H,4,10,12,15-19H2,1H3. The van der Waals surface area contributed by atoms with E-state index in [1.807, 2.05) is 43.3 Å². The number of aryl methyl sites for hydroxylation is 1. The molecule has 0 saturated carbocycles. The van der Waals surface area contributed by atoms with Gasteiger partial charge in [-0.3, -0.25) is 19.7 Å². The third kappa shape index (κ3) is 4.95. The normalized spacial score (nSPS) is 19.9. The van der Waals surface area contributed by atoms with E-state index >= 15 is 0 Å². The zero-order valence-electron chi connectivity index (χ0n) is 20.0. The highest BCUT2D eigenvalue weighted by molar-refractivity contribution is 6.16. The summed E-state index contributed by atoms with van der Waals surface area (Å²) < 4.78 is 14.3. The van der Waals surface area contributed by atoms with Crippen molar-refractivity contribution in [3.63, 3.8) is 0 Å². The van der Waals surface area contributed by atoms with E-state index < -0.39 is 5.41 Å². The van der Waals surface area contributed by atoms with E-state index in [0.717, 1.165) is 47.5 Å². The minimum atomic E-state index is -0.447. The van der Waals surface area contributed by atoms with Crippen molar-refractivity contribution in [3.8, 4) is 0 Å². The zero-order valence-corrected chi connectivity index (χ0v) is 20.0. The lowest BCUT2D eigenvalue weighted by Crippen LogP contribution is -2.48. The number of fused-ring (bicyclic) bond motifs is 1. The maximum Gasteiger partial charge on any atom is 0.176 e. The molecule has 0 aliphatic carbocycles. The molecule has 1 fully saturated rings.